The zero-order valence-corrected chi connectivity index (χ0v) is 17.8. The van der Waals surface area contributed by atoms with E-state index in [9.17, 15) is 0 Å². The average Bonchev–Trinajstić information content (AvgIpc) is 2.99. The van der Waals surface area contributed by atoms with Crippen LogP contribution in [0.4, 0.5) is 0 Å². The summed E-state index contributed by atoms with van der Waals surface area (Å²) < 4.78 is 3.81. The van der Waals surface area contributed by atoms with Gasteiger partial charge in [-0.3, -0.25) is 0 Å². The molecule has 3 aromatic rings. The second kappa shape index (κ2) is 8.39. The van der Waals surface area contributed by atoms with E-state index in [1.807, 2.05) is 11.3 Å². The number of hydrogen-bond acceptors (Lipinski definition) is 1. The second-order valence-electron chi connectivity index (χ2n) is 7.54. The first kappa shape index (κ1) is 17.8. The Labute approximate surface area is 169 Å². The number of rotatable bonds is 1. The summed E-state index contributed by atoms with van der Waals surface area (Å²) in [5, 5.41) is 3.02. The SMILES string of the molecule is IC1CCCCCC(c2cccc3sc4ccccc4c23)CCCC1. The number of thiophene rings is 1. The van der Waals surface area contributed by atoms with E-state index < -0.39 is 0 Å². The Kier molecular flexibility index (Phi) is 5.97. The van der Waals surface area contributed by atoms with Gasteiger partial charge in [0.2, 0.25) is 0 Å². The lowest BCUT2D eigenvalue weighted by Gasteiger charge is -2.18. The van der Waals surface area contributed by atoms with Gasteiger partial charge in [0.1, 0.15) is 0 Å². The van der Waals surface area contributed by atoms with Gasteiger partial charge in [-0.15, -0.1) is 11.3 Å². The molecule has 1 heterocycles. The molecule has 0 N–H and O–H groups in total. The molecule has 132 valence electrons. The minimum atomic E-state index is 0.743. The molecule has 1 aliphatic rings. The fraction of sp³-hybridized carbons (Fsp3) is 0.478. The van der Waals surface area contributed by atoms with E-state index in [1.165, 1.54) is 72.6 Å². The topological polar surface area (TPSA) is 0 Å². The van der Waals surface area contributed by atoms with Crippen LogP contribution in [-0.2, 0) is 0 Å². The Hall–Kier alpha value is -0.610. The first-order valence-electron chi connectivity index (χ1n) is 9.87. The Morgan fingerprint density at radius 1 is 0.720 bits per heavy atom. The maximum Gasteiger partial charge on any atom is 0.0358 e. The van der Waals surface area contributed by atoms with Crippen molar-refractivity contribution in [3.8, 4) is 0 Å². The monoisotopic (exact) mass is 462 g/mol. The lowest BCUT2D eigenvalue weighted by Crippen LogP contribution is -2.00. The molecule has 1 aliphatic carbocycles. The van der Waals surface area contributed by atoms with Crippen molar-refractivity contribution in [1.82, 2.24) is 0 Å². The van der Waals surface area contributed by atoms with Crippen LogP contribution in [0.1, 0.15) is 69.3 Å². The van der Waals surface area contributed by atoms with E-state index in [0.29, 0.717) is 0 Å². The van der Waals surface area contributed by atoms with E-state index in [0.717, 1.165) is 9.84 Å². The van der Waals surface area contributed by atoms with E-state index >= 15 is 0 Å². The van der Waals surface area contributed by atoms with Gasteiger partial charge in [-0.05, 0) is 49.3 Å². The van der Waals surface area contributed by atoms with Crippen LogP contribution in [0, 0.1) is 0 Å². The number of benzene rings is 2. The molecule has 1 fully saturated rings. The molecule has 0 saturated heterocycles. The lowest BCUT2D eigenvalue weighted by molar-refractivity contribution is 0.517. The van der Waals surface area contributed by atoms with Gasteiger partial charge < -0.3 is 0 Å². The summed E-state index contributed by atoms with van der Waals surface area (Å²) in [7, 11) is 0. The van der Waals surface area contributed by atoms with Gasteiger partial charge in [0.05, 0.1) is 0 Å². The fourth-order valence-corrected chi connectivity index (χ4v) is 6.45. The van der Waals surface area contributed by atoms with Crippen molar-refractivity contribution in [3.05, 3.63) is 48.0 Å². The smallest absolute Gasteiger partial charge is 0.0358 e. The summed E-state index contributed by atoms with van der Waals surface area (Å²) in [6, 6.07) is 16.0. The quantitative estimate of drug-likeness (QED) is 0.251. The molecule has 2 atom stereocenters. The Morgan fingerprint density at radius 3 is 2.28 bits per heavy atom. The third-order valence-corrected chi connectivity index (χ3v) is 8.15. The Bertz CT molecular complexity index is 834. The Morgan fingerprint density at radius 2 is 1.40 bits per heavy atom. The summed E-state index contributed by atoms with van der Waals surface area (Å²) in [6.45, 7) is 0. The molecule has 0 aliphatic heterocycles. The van der Waals surface area contributed by atoms with E-state index in [1.54, 1.807) is 10.9 Å². The minimum Gasteiger partial charge on any atom is -0.135 e. The highest BCUT2D eigenvalue weighted by Gasteiger charge is 2.18. The number of hydrogen-bond donors (Lipinski definition) is 0. The van der Waals surface area contributed by atoms with Crippen LogP contribution in [0.15, 0.2) is 42.5 Å². The van der Waals surface area contributed by atoms with Crippen molar-refractivity contribution in [2.75, 3.05) is 0 Å². The first-order chi connectivity index (χ1) is 12.3. The van der Waals surface area contributed by atoms with Gasteiger partial charge in [-0.1, -0.05) is 85.0 Å². The normalized spacial score (nSPS) is 23.6. The van der Waals surface area contributed by atoms with E-state index in [-0.39, 0.29) is 0 Å². The summed E-state index contributed by atoms with van der Waals surface area (Å²) in [5.74, 6) is 0.743. The average molecular weight is 462 g/mol. The largest absolute Gasteiger partial charge is 0.135 e. The molecule has 0 nitrogen and oxygen atoms in total. The van der Waals surface area contributed by atoms with Gasteiger partial charge in [0.25, 0.3) is 0 Å². The number of halogens is 1. The van der Waals surface area contributed by atoms with Crippen molar-refractivity contribution < 1.29 is 0 Å². The van der Waals surface area contributed by atoms with Crippen LogP contribution < -0.4 is 0 Å². The second-order valence-corrected chi connectivity index (χ2v) is 10.4. The van der Waals surface area contributed by atoms with Crippen LogP contribution in [-0.4, -0.2) is 3.92 Å². The fourth-order valence-electron chi connectivity index (χ4n) is 4.43. The van der Waals surface area contributed by atoms with Crippen LogP contribution in [0.5, 0.6) is 0 Å². The standard InChI is InChI=1S/C23H27IS/c24-18-11-3-1-2-9-17(10-4-5-12-18)19-14-8-16-22-23(19)20-13-6-7-15-21(20)25-22/h6-8,13-18H,1-5,9-12H2. The summed E-state index contributed by atoms with van der Waals surface area (Å²) >= 11 is 4.64. The van der Waals surface area contributed by atoms with Gasteiger partial charge in [0, 0.05) is 24.1 Å². The van der Waals surface area contributed by atoms with Crippen molar-refractivity contribution in [3.63, 3.8) is 0 Å². The molecule has 0 radical (unpaired) electrons. The van der Waals surface area contributed by atoms with Crippen LogP contribution >= 0.6 is 33.9 Å². The van der Waals surface area contributed by atoms with Gasteiger partial charge in [0.15, 0.2) is 0 Å². The molecule has 2 aromatic carbocycles. The van der Waals surface area contributed by atoms with Crippen molar-refractivity contribution in [1.29, 1.82) is 0 Å². The third kappa shape index (κ3) is 4.05. The zero-order valence-electron chi connectivity index (χ0n) is 14.8. The third-order valence-electron chi connectivity index (χ3n) is 5.76. The van der Waals surface area contributed by atoms with Crippen molar-refractivity contribution >= 4 is 54.1 Å². The van der Waals surface area contributed by atoms with Gasteiger partial charge >= 0.3 is 0 Å². The molecule has 1 saturated carbocycles. The molecule has 1 aromatic heterocycles. The maximum absolute atomic E-state index is 2.68. The molecule has 0 spiro atoms. The predicted molar refractivity (Wildman–Crippen MR) is 121 cm³/mol. The molecule has 2 heteroatoms. The summed E-state index contributed by atoms with van der Waals surface area (Å²) in [5.41, 5.74) is 1.63. The molecular formula is C23H27IS. The molecule has 25 heavy (non-hydrogen) atoms. The van der Waals surface area contributed by atoms with Crippen molar-refractivity contribution in [2.45, 2.75) is 67.6 Å². The van der Waals surface area contributed by atoms with Crippen LogP contribution in [0.25, 0.3) is 20.2 Å². The Balaban J connectivity index is 1.68. The number of alkyl halides is 1. The first-order valence-corrected chi connectivity index (χ1v) is 11.9. The van der Waals surface area contributed by atoms with Crippen LogP contribution in [0.3, 0.4) is 0 Å². The van der Waals surface area contributed by atoms with Gasteiger partial charge in [-0.2, -0.15) is 0 Å². The molecule has 2 unspecified atom stereocenters. The molecular weight excluding hydrogens is 435 g/mol. The highest BCUT2D eigenvalue weighted by Crippen LogP contribution is 2.41. The lowest BCUT2D eigenvalue weighted by atomic mass is 9.86. The molecule has 0 bridgehead atoms. The summed E-state index contributed by atoms with van der Waals surface area (Å²) in [4.78, 5) is 0. The maximum atomic E-state index is 2.68. The zero-order chi connectivity index (χ0) is 17.1. The van der Waals surface area contributed by atoms with Gasteiger partial charge in [-0.25, -0.2) is 0 Å². The van der Waals surface area contributed by atoms with Crippen molar-refractivity contribution in [2.24, 2.45) is 0 Å². The minimum absolute atomic E-state index is 0.743. The van der Waals surface area contributed by atoms with E-state index in [2.05, 4.69) is 65.1 Å². The highest BCUT2D eigenvalue weighted by atomic mass is 127. The summed E-state index contributed by atoms with van der Waals surface area (Å²) in [6.07, 6.45) is 12.6. The van der Waals surface area contributed by atoms with Crippen LogP contribution in [0.2, 0.25) is 0 Å². The highest BCUT2D eigenvalue weighted by molar-refractivity contribution is 14.1. The molecule has 0 amide bonds. The number of fused-ring (bicyclic) bond motifs is 3. The molecule has 4 rings (SSSR count). The van der Waals surface area contributed by atoms with E-state index in [4.69, 9.17) is 0 Å². The predicted octanol–water partition coefficient (Wildman–Crippen LogP) is 8.47.